The van der Waals surface area contributed by atoms with Crippen molar-refractivity contribution in [1.29, 1.82) is 0 Å². The van der Waals surface area contributed by atoms with Gasteiger partial charge in [0.15, 0.2) is 5.76 Å². The summed E-state index contributed by atoms with van der Waals surface area (Å²) in [6.45, 7) is 4.22. The van der Waals surface area contributed by atoms with E-state index in [2.05, 4.69) is 15.5 Å². The zero-order valence-corrected chi connectivity index (χ0v) is 15.5. The van der Waals surface area contributed by atoms with E-state index in [-0.39, 0.29) is 11.8 Å². The van der Waals surface area contributed by atoms with Crippen molar-refractivity contribution in [1.82, 2.24) is 15.5 Å². The molecule has 2 aromatic heterocycles. The molecule has 1 amide bonds. The van der Waals surface area contributed by atoms with Crippen LogP contribution in [0, 0.1) is 13.8 Å². The number of carbonyl (C=O) groups excluding carboxylic acids is 1. The number of furan rings is 1. The number of nitrogens with zero attached hydrogens (tertiary/aromatic N) is 2. The van der Waals surface area contributed by atoms with Crippen LogP contribution in [-0.4, -0.2) is 16.1 Å². The second kappa shape index (κ2) is 6.89. The van der Waals surface area contributed by atoms with Crippen LogP contribution in [0.15, 0.2) is 51.3 Å². The third kappa shape index (κ3) is 3.31. The Bertz CT molecular complexity index is 1130. The van der Waals surface area contributed by atoms with Gasteiger partial charge in [0.2, 0.25) is 0 Å². The Kier molecular flexibility index (Phi) is 4.41. The first-order chi connectivity index (χ1) is 13.0. The van der Waals surface area contributed by atoms with Crippen molar-refractivity contribution >= 4 is 28.5 Å². The molecule has 0 aliphatic rings. The number of rotatable bonds is 4. The number of fused-ring (bicyclic) bond motifs is 1. The van der Waals surface area contributed by atoms with Crippen LogP contribution < -0.4 is 5.32 Å². The third-order valence-corrected chi connectivity index (χ3v) is 4.59. The Morgan fingerprint density at radius 1 is 1.07 bits per heavy atom. The van der Waals surface area contributed by atoms with E-state index in [1.807, 2.05) is 44.2 Å². The molecule has 6 nitrogen and oxygen atoms in total. The molecule has 136 valence electrons. The molecule has 0 bridgehead atoms. The predicted molar refractivity (Wildman–Crippen MR) is 102 cm³/mol. The van der Waals surface area contributed by atoms with Crippen LogP contribution in [0.1, 0.15) is 27.4 Å². The molecule has 0 atom stereocenters. The number of hydrogen-bond acceptors (Lipinski definition) is 5. The molecular weight excluding hydrogens is 366 g/mol. The molecule has 0 unspecified atom stereocenters. The molecule has 1 N–H and O–H groups in total. The van der Waals surface area contributed by atoms with Gasteiger partial charge in [0, 0.05) is 22.5 Å². The van der Waals surface area contributed by atoms with Crippen molar-refractivity contribution in [3.05, 3.63) is 70.1 Å². The predicted octanol–water partition coefficient (Wildman–Crippen LogP) is 4.68. The Morgan fingerprint density at radius 3 is 2.59 bits per heavy atom. The van der Waals surface area contributed by atoms with E-state index >= 15 is 0 Å². The minimum Gasteiger partial charge on any atom is -0.450 e. The van der Waals surface area contributed by atoms with Gasteiger partial charge in [-0.05, 0) is 37.1 Å². The molecular formula is C20H16ClN3O3. The third-order valence-electron chi connectivity index (χ3n) is 4.34. The molecule has 0 fully saturated rings. The average Bonchev–Trinajstić information content (AvgIpc) is 3.27. The average molecular weight is 382 g/mol. The first-order valence-electron chi connectivity index (χ1n) is 8.38. The van der Waals surface area contributed by atoms with E-state index in [0.717, 1.165) is 27.7 Å². The summed E-state index contributed by atoms with van der Waals surface area (Å²) < 4.78 is 11.4. The second-order valence-electron chi connectivity index (χ2n) is 6.23. The Morgan fingerprint density at radius 2 is 1.85 bits per heavy atom. The smallest absolute Gasteiger partial charge is 0.309 e. The molecule has 2 heterocycles. The number of carbonyl (C=O) groups is 1. The SMILES string of the molecule is Cc1c(-c2nnc(C(=O)NCc3ccc(Cl)cc3)o2)oc2c(C)cccc12. The lowest BCUT2D eigenvalue weighted by atomic mass is 10.1. The van der Waals surface area contributed by atoms with Crippen LogP contribution in [0.4, 0.5) is 0 Å². The largest absolute Gasteiger partial charge is 0.450 e. The number of aromatic nitrogens is 2. The van der Waals surface area contributed by atoms with Gasteiger partial charge < -0.3 is 14.2 Å². The van der Waals surface area contributed by atoms with Crippen molar-refractivity contribution in [3.63, 3.8) is 0 Å². The molecule has 4 rings (SSSR count). The van der Waals surface area contributed by atoms with Crippen LogP contribution in [-0.2, 0) is 6.54 Å². The highest BCUT2D eigenvalue weighted by atomic mass is 35.5. The summed E-state index contributed by atoms with van der Waals surface area (Å²) in [5.74, 6) is 0.0903. The zero-order chi connectivity index (χ0) is 19.0. The summed E-state index contributed by atoms with van der Waals surface area (Å²) in [5.41, 5.74) is 3.60. The van der Waals surface area contributed by atoms with Crippen LogP contribution >= 0.6 is 11.6 Å². The van der Waals surface area contributed by atoms with Gasteiger partial charge in [0.1, 0.15) is 5.58 Å². The van der Waals surface area contributed by atoms with E-state index in [9.17, 15) is 4.79 Å². The molecule has 0 radical (unpaired) electrons. The van der Waals surface area contributed by atoms with Gasteiger partial charge in [-0.2, -0.15) is 0 Å². The molecule has 0 aliphatic carbocycles. The fourth-order valence-corrected chi connectivity index (χ4v) is 2.98. The maximum Gasteiger partial charge on any atom is 0.309 e. The number of aryl methyl sites for hydroxylation is 2. The normalized spacial score (nSPS) is 11.1. The molecule has 7 heteroatoms. The number of nitrogens with one attached hydrogen (secondary N) is 1. The second-order valence-corrected chi connectivity index (χ2v) is 6.67. The molecule has 0 spiro atoms. The van der Waals surface area contributed by atoms with Crippen LogP contribution in [0.2, 0.25) is 5.02 Å². The topological polar surface area (TPSA) is 81.2 Å². The molecule has 27 heavy (non-hydrogen) atoms. The number of halogens is 1. The number of amides is 1. The van der Waals surface area contributed by atoms with E-state index in [4.69, 9.17) is 20.4 Å². The van der Waals surface area contributed by atoms with Crippen molar-refractivity contribution < 1.29 is 13.6 Å². The Hall–Kier alpha value is -3.12. The lowest BCUT2D eigenvalue weighted by molar-refractivity contribution is 0.0916. The minimum atomic E-state index is -0.450. The maximum absolute atomic E-state index is 12.3. The highest BCUT2D eigenvalue weighted by Gasteiger charge is 2.21. The summed E-state index contributed by atoms with van der Waals surface area (Å²) in [4.78, 5) is 12.3. The first kappa shape index (κ1) is 17.3. The quantitative estimate of drug-likeness (QED) is 0.555. The summed E-state index contributed by atoms with van der Waals surface area (Å²) in [5, 5.41) is 12.2. The molecule has 0 saturated heterocycles. The summed E-state index contributed by atoms with van der Waals surface area (Å²) >= 11 is 5.85. The summed E-state index contributed by atoms with van der Waals surface area (Å²) in [6.07, 6.45) is 0. The Labute approximate surface area is 160 Å². The van der Waals surface area contributed by atoms with Gasteiger partial charge in [0.05, 0.1) is 0 Å². The van der Waals surface area contributed by atoms with E-state index in [0.29, 0.717) is 17.3 Å². The Balaban J connectivity index is 1.54. The lowest BCUT2D eigenvalue weighted by Crippen LogP contribution is -2.23. The van der Waals surface area contributed by atoms with Crippen molar-refractivity contribution in [2.45, 2.75) is 20.4 Å². The monoisotopic (exact) mass is 381 g/mol. The fourth-order valence-electron chi connectivity index (χ4n) is 2.86. The molecule has 4 aromatic rings. The minimum absolute atomic E-state index is 0.115. The van der Waals surface area contributed by atoms with Gasteiger partial charge >= 0.3 is 11.8 Å². The van der Waals surface area contributed by atoms with Crippen molar-refractivity contribution in [2.75, 3.05) is 0 Å². The van der Waals surface area contributed by atoms with Crippen LogP contribution in [0.5, 0.6) is 0 Å². The van der Waals surface area contributed by atoms with E-state index in [1.165, 1.54) is 0 Å². The van der Waals surface area contributed by atoms with Crippen molar-refractivity contribution in [3.8, 4) is 11.7 Å². The number of para-hydroxylation sites is 1. The fraction of sp³-hybridized carbons (Fsp3) is 0.150. The van der Waals surface area contributed by atoms with Gasteiger partial charge in [-0.1, -0.05) is 41.9 Å². The van der Waals surface area contributed by atoms with Crippen LogP contribution in [0.25, 0.3) is 22.6 Å². The van der Waals surface area contributed by atoms with Crippen LogP contribution in [0.3, 0.4) is 0 Å². The highest BCUT2D eigenvalue weighted by Crippen LogP contribution is 2.33. The first-order valence-corrected chi connectivity index (χ1v) is 8.76. The lowest BCUT2D eigenvalue weighted by Gasteiger charge is -2.02. The zero-order valence-electron chi connectivity index (χ0n) is 14.7. The standard InChI is InChI=1S/C20H16ClN3O3/c1-11-4-3-5-15-12(2)17(26-16(11)15)19-23-24-20(27-19)18(25)22-10-13-6-8-14(21)9-7-13/h3-9H,10H2,1-2H3,(H,22,25). The number of benzene rings is 2. The molecule has 0 saturated carbocycles. The number of hydrogen-bond donors (Lipinski definition) is 1. The summed E-state index contributed by atoms with van der Waals surface area (Å²) in [7, 11) is 0. The van der Waals surface area contributed by atoms with Gasteiger partial charge in [0.25, 0.3) is 5.89 Å². The van der Waals surface area contributed by atoms with Crippen molar-refractivity contribution in [2.24, 2.45) is 0 Å². The van der Waals surface area contributed by atoms with Gasteiger partial charge in [-0.3, -0.25) is 4.79 Å². The highest BCUT2D eigenvalue weighted by molar-refractivity contribution is 6.30. The van der Waals surface area contributed by atoms with Gasteiger partial charge in [-0.15, -0.1) is 10.2 Å². The van der Waals surface area contributed by atoms with E-state index < -0.39 is 5.91 Å². The summed E-state index contributed by atoms with van der Waals surface area (Å²) in [6, 6.07) is 13.1. The maximum atomic E-state index is 12.3. The van der Waals surface area contributed by atoms with Gasteiger partial charge in [-0.25, -0.2) is 0 Å². The molecule has 0 aliphatic heterocycles. The molecule has 2 aromatic carbocycles. The van der Waals surface area contributed by atoms with E-state index in [1.54, 1.807) is 12.1 Å².